The zero-order valence-electron chi connectivity index (χ0n) is 24.8. The Labute approximate surface area is 264 Å². The molecule has 0 saturated heterocycles. The molecule has 0 aliphatic heterocycles. The predicted molar refractivity (Wildman–Crippen MR) is 192 cm³/mol. The van der Waals surface area contributed by atoms with E-state index in [1.165, 1.54) is 54.9 Å². The first kappa shape index (κ1) is 26.7. The minimum Gasteiger partial charge on any atom is -0.310 e. The third-order valence-corrected chi connectivity index (χ3v) is 8.65. The van der Waals surface area contributed by atoms with Gasteiger partial charge in [0.15, 0.2) is 0 Å². The van der Waals surface area contributed by atoms with E-state index in [0.29, 0.717) is 0 Å². The lowest BCUT2D eigenvalue weighted by Gasteiger charge is -2.27. The number of rotatable bonds is 6. The maximum absolute atomic E-state index is 2.38. The van der Waals surface area contributed by atoms with E-state index in [4.69, 9.17) is 0 Å². The first-order chi connectivity index (χ1) is 22.3. The number of hydrogen-bond donors (Lipinski definition) is 0. The summed E-state index contributed by atoms with van der Waals surface area (Å²) < 4.78 is 0. The van der Waals surface area contributed by atoms with E-state index in [1.807, 2.05) is 0 Å². The van der Waals surface area contributed by atoms with Crippen LogP contribution in [0.1, 0.15) is 0 Å². The third-order valence-electron chi connectivity index (χ3n) is 8.65. The summed E-state index contributed by atoms with van der Waals surface area (Å²) in [4.78, 5) is 2.38. The van der Waals surface area contributed by atoms with Crippen molar-refractivity contribution in [3.63, 3.8) is 0 Å². The molecule has 0 N–H and O–H groups in total. The minimum atomic E-state index is 1.12. The van der Waals surface area contributed by atoms with Crippen LogP contribution in [0.25, 0.3) is 54.9 Å². The maximum Gasteiger partial charge on any atom is 0.0540 e. The van der Waals surface area contributed by atoms with Gasteiger partial charge in [0, 0.05) is 16.8 Å². The van der Waals surface area contributed by atoms with E-state index in [0.717, 1.165) is 17.1 Å². The van der Waals surface area contributed by atoms with Gasteiger partial charge in [-0.15, -0.1) is 0 Å². The van der Waals surface area contributed by atoms with Gasteiger partial charge >= 0.3 is 0 Å². The Morgan fingerprint density at radius 1 is 0.267 bits per heavy atom. The Morgan fingerprint density at radius 3 is 1.53 bits per heavy atom. The molecule has 8 aromatic carbocycles. The van der Waals surface area contributed by atoms with Crippen LogP contribution in [0.2, 0.25) is 0 Å². The Bertz CT molecular complexity index is 2240. The standard InChI is InChI=1S/C44H31N/c1-2-10-32(11-3-1)34-20-22-35(23-21-34)36-26-28-41(29-27-36)45(44-19-9-15-37-13-6-7-18-43(37)44)42-17-8-16-39(31-42)40-25-24-33-12-4-5-14-38(33)30-40/h1-31H. The minimum absolute atomic E-state index is 1.12. The van der Waals surface area contributed by atoms with Crippen LogP contribution in [-0.2, 0) is 0 Å². The molecule has 1 nitrogen and oxygen atoms in total. The molecule has 45 heavy (non-hydrogen) atoms. The van der Waals surface area contributed by atoms with Crippen molar-refractivity contribution in [3.05, 3.63) is 188 Å². The van der Waals surface area contributed by atoms with E-state index in [1.54, 1.807) is 0 Å². The number of benzene rings is 8. The highest BCUT2D eigenvalue weighted by molar-refractivity contribution is 5.99. The van der Waals surface area contributed by atoms with Crippen molar-refractivity contribution < 1.29 is 0 Å². The molecule has 8 rings (SSSR count). The van der Waals surface area contributed by atoms with Gasteiger partial charge in [0.05, 0.1) is 5.69 Å². The van der Waals surface area contributed by atoms with Gasteiger partial charge in [0.2, 0.25) is 0 Å². The van der Waals surface area contributed by atoms with Gasteiger partial charge in [-0.25, -0.2) is 0 Å². The average Bonchev–Trinajstić information content (AvgIpc) is 3.12. The topological polar surface area (TPSA) is 3.24 Å². The summed E-state index contributed by atoms with van der Waals surface area (Å²) >= 11 is 0. The molecule has 0 fully saturated rings. The molecule has 0 bridgehead atoms. The van der Waals surface area contributed by atoms with Crippen molar-refractivity contribution in [2.24, 2.45) is 0 Å². The molecule has 0 spiro atoms. The molecule has 0 aliphatic carbocycles. The summed E-state index contributed by atoms with van der Waals surface area (Å²) in [5.41, 5.74) is 10.7. The Morgan fingerprint density at radius 2 is 0.778 bits per heavy atom. The molecule has 0 saturated carbocycles. The third kappa shape index (κ3) is 5.26. The van der Waals surface area contributed by atoms with Crippen LogP contribution in [0.15, 0.2) is 188 Å². The van der Waals surface area contributed by atoms with Crippen LogP contribution in [0.5, 0.6) is 0 Å². The Kier molecular flexibility index (Phi) is 6.90. The number of anilines is 3. The highest BCUT2D eigenvalue weighted by Gasteiger charge is 2.16. The summed E-state index contributed by atoms with van der Waals surface area (Å²) in [6, 6.07) is 67.7. The summed E-state index contributed by atoms with van der Waals surface area (Å²) in [6.07, 6.45) is 0. The fraction of sp³-hybridized carbons (Fsp3) is 0. The molecule has 0 aromatic heterocycles. The second-order valence-corrected chi connectivity index (χ2v) is 11.4. The van der Waals surface area contributed by atoms with E-state index >= 15 is 0 Å². The SMILES string of the molecule is c1ccc(-c2ccc(-c3ccc(N(c4cccc(-c5ccc6ccccc6c5)c4)c4cccc5ccccc45)cc3)cc2)cc1. The molecule has 0 amide bonds. The fourth-order valence-electron chi connectivity index (χ4n) is 6.31. The van der Waals surface area contributed by atoms with Gasteiger partial charge in [-0.05, 0) is 85.9 Å². The highest BCUT2D eigenvalue weighted by atomic mass is 15.1. The highest BCUT2D eigenvalue weighted by Crippen LogP contribution is 2.41. The van der Waals surface area contributed by atoms with Crippen LogP contribution in [-0.4, -0.2) is 0 Å². The number of hydrogen-bond acceptors (Lipinski definition) is 1. The first-order valence-corrected chi connectivity index (χ1v) is 15.4. The maximum atomic E-state index is 2.38. The second-order valence-electron chi connectivity index (χ2n) is 11.4. The normalized spacial score (nSPS) is 11.1. The fourth-order valence-corrected chi connectivity index (χ4v) is 6.31. The smallest absolute Gasteiger partial charge is 0.0540 e. The van der Waals surface area contributed by atoms with Crippen molar-refractivity contribution >= 4 is 38.6 Å². The Balaban J connectivity index is 1.20. The molecule has 0 aliphatic rings. The van der Waals surface area contributed by atoms with Gasteiger partial charge in [0.25, 0.3) is 0 Å². The monoisotopic (exact) mass is 573 g/mol. The number of fused-ring (bicyclic) bond motifs is 2. The molecular weight excluding hydrogens is 542 g/mol. The summed E-state index contributed by atoms with van der Waals surface area (Å²) in [6.45, 7) is 0. The van der Waals surface area contributed by atoms with Gasteiger partial charge in [-0.1, -0.05) is 152 Å². The van der Waals surface area contributed by atoms with Gasteiger partial charge < -0.3 is 4.90 Å². The lowest BCUT2D eigenvalue weighted by Crippen LogP contribution is -2.10. The lowest BCUT2D eigenvalue weighted by molar-refractivity contribution is 1.30. The van der Waals surface area contributed by atoms with Gasteiger partial charge in [-0.3, -0.25) is 0 Å². The lowest BCUT2D eigenvalue weighted by atomic mass is 9.99. The van der Waals surface area contributed by atoms with E-state index in [-0.39, 0.29) is 0 Å². The summed E-state index contributed by atoms with van der Waals surface area (Å²) in [7, 11) is 0. The zero-order valence-corrected chi connectivity index (χ0v) is 24.8. The summed E-state index contributed by atoms with van der Waals surface area (Å²) in [5.74, 6) is 0. The van der Waals surface area contributed by atoms with Crippen LogP contribution >= 0.6 is 0 Å². The predicted octanol–water partition coefficient (Wildman–Crippen LogP) is 12.5. The van der Waals surface area contributed by atoms with Gasteiger partial charge in [-0.2, -0.15) is 0 Å². The molecule has 0 heterocycles. The van der Waals surface area contributed by atoms with E-state index in [2.05, 4.69) is 193 Å². The van der Waals surface area contributed by atoms with Crippen molar-refractivity contribution in [2.75, 3.05) is 4.90 Å². The molecule has 0 unspecified atom stereocenters. The van der Waals surface area contributed by atoms with Crippen molar-refractivity contribution in [2.45, 2.75) is 0 Å². The summed E-state index contributed by atoms with van der Waals surface area (Å²) in [5, 5.41) is 4.95. The van der Waals surface area contributed by atoms with Crippen LogP contribution < -0.4 is 4.90 Å². The molecule has 1 heteroatoms. The largest absolute Gasteiger partial charge is 0.310 e. The van der Waals surface area contributed by atoms with Crippen molar-refractivity contribution in [1.29, 1.82) is 0 Å². The first-order valence-electron chi connectivity index (χ1n) is 15.4. The molecule has 0 atom stereocenters. The van der Waals surface area contributed by atoms with E-state index < -0.39 is 0 Å². The molecule has 212 valence electrons. The van der Waals surface area contributed by atoms with Crippen LogP contribution in [0.4, 0.5) is 17.1 Å². The molecule has 0 radical (unpaired) electrons. The second kappa shape index (κ2) is 11.6. The van der Waals surface area contributed by atoms with E-state index in [9.17, 15) is 0 Å². The van der Waals surface area contributed by atoms with Gasteiger partial charge in [0.1, 0.15) is 0 Å². The Hall–Kier alpha value is -5.92. The average molecular weight is 574 g/mol. The molecule has 8 aromatic rings. The van der Waals surface area contributed by atoms with Crippen molar-refractivity contribution in [3.8, 4) is 33.4 Å². The molecular formula is C44H31N. The zero-order chi connectivity index (χ0) is 30.0. The number of nitrogens with zero attached hydrogens (tertiary/aromatic N) is 1. The van der Waals surface area contributed by atoms with Crippen LogP contribution in [0.3, 0.4) is 0 Å². The van der Waals surface area contributed by atoms with Crippen LogP contribution in [0, 0.1) is 0 Å². The van der Waals surface area contributed by atoms with Crippen molar-refractivity contribution in [1.82, 2.24) is 0 Å². The quantitative estimate of drug-likeness (QED) is 0.191.